The van der Waals surface area contributed by atoms with Gasteiger partial charge in [-0.15, -0.1) is 0 Å². The topological polar surface area (TPSA) is 86.5 Å². The van der Waals surface area contributed by atoms with Crippen LogP contribution in [0, 0.1) is 5.82 Å². The smallest absolute Gasteiger partial charge is 0.334 e. The largest absolute Gasteiger partial charge is 0.462 e. The molecule has 24 heavy (non-hydrogen) atoms. The van der Waals surface area contributed by atoms with Crippen molar-refractivity contribution in [2.45, 2.75) is 11.3 Å². The van der Waals surface area contributed by atoms with Crippen molar-refractivity contribution in [3.05, 3.63) is 71.0 Å². The maximum Gasteiger partial charge on any atom is 0.334 e. The molecule has 124 valence electrons. The van der Waals surface area contributed by atoms with Gasteiger partial charge in [0.2, 0.25) is 10.0 Å². The summed E-state index contributed by atoms with van der Waals surface area (Å²) in [6, 6.07) is 11.6. The van der Waals surface area contributed by atoms with E-state index < -0.39 is 16.0 Å². The average Bonchev–Trinajstić information content (AvgIpc) is 2.95. The lowest BCUT2D eigenvalue weighted by atomic mass is 9.92. The van der Waals surface area contributed by atoms with Crippen LogP contribution in [0.25, 0.3) is 5.57 Å². The summed E-state index contributed by atoms with van der Waals surface area (Å²) in [7, 11) is -3.80. The van der Waals surface area contributed by atoms with E-state index in [1.54, 1.807) is 24.3 Å². The molecule has 0 bridgehead atoms. The lowest BCUT2D eigenvalue weighted by Crippen LogP contribution is -2.12. The fourth-order valence-electron chi connectivity index (χ4n) is 2.60. The Morgan fingerprint density at radius 1 is 1.00 bits per heavy atom. The monoisotopic (exact) mass is 347 g/mol. The summed E-state index contributed by atoms with van der Waals surface area (Å²) in [5.41, 5.74) is 2.35. The summed E-state index contributed by atoms with van der Waals surface area (Å²) in [6.07, 6.45) is 0.433. The number of hydrogen-bond donors (Lipinski definition) is 1. The highest BCUT2D eigenvalue weighted by molar-refractivity contribution is 7.89. The molecule has 5 nitrogen and oxygen atoms in total. The van der Waals surface area contributed by atoms with Gasteiger partial charge in [-0.2, -0.15) is 0 Å². The van der Waals surface area contributed by atoms with Crippen LogP contribution in [0.5, 0.6) is 0 Å². The number of nitrogens with two attached hydrogens (primary N) is 1. The molecule has 1 saturated heterocycles. The normalized spacial score (nSPS) is 16.8. The number of carbonyl (C=O) groups excluding carboxylic acids is 1. The summed E-state index contributed by atoms with van der Waals surface area (Å²) in [4.78, 5) is 12.0. The summed E-state index contributed by atoms with van der Waals surface area (Å²) in [5, 5.41) is 5.10. The summed E-state index contributed by atoms with van der Waals surface area (Å²) in [5.74, 6) is -0.813. The molecule has 0 spiro atoms. The molecule has 1 aliphatic rings. The molecular weight excluding hydrogens is 333 g/mol. The van der Waals surface area contributed by atoms with E-state index in [0.29, 0.717) is 28.7 Å². The van der Waals surface area contributed by atoms with Crippen LogP contribution >= 0.6 is 0 Å². The lowest BCUT2D eigenvalue weighted by molar-refractivity contribution is -0.135. The minimum Gasteiger partial charge on any atom is -0.462 e. The van der Waals surface area contributed by atoms with E-state index in [9.17, 15) is 17.6 Å². The van der Waals surface area contributed by atoms with Gasteiger partial charge in [0.15, 0.2) is 0 Å². The van der Waals surface area contributed by atoms with E-state index in [1.165, 1.54) is 24.3 Å². The molecule has 0 aromatic heterocycles. The molecule has 1 fully saturated rings. The van der Waals surface area contributed by atoms with Crippen molar-refractivity contribution in [1.82, 2.24) is 0 Å². The van der Waals surface area contributed by atoms with Gasteiger partial charge in [0.05, 0.1) is 11.5 Å². The zero-order chi connectivity index (χ0) is 17.3. The number of halogens is 1. The predicted octanol–water partition coefficient (Wildman–Crippen LogP) is 2.22. The van der Waals surface area contributed by atoms with Gasteiger partial charge in [-0.25, -0.2) is 22.7 Å². The van der Waals surface area contributed by atoms with Gasteiger partial charge in [-0.05, 0) is 41.0 Å². The van der Waals surface area contributed by atoms with E-state index in [2.05, 4.69) is 0 Å². The molecule has 0 saturated carbocycles. The van der Waals surface area contributed by atoms with Crippen LogP contribution in [0.4, 0.5) is 4.39 Å². The van der Waals surface area contributed by atoms with Crippen LogP contribution in [0.15, 0.2) is 59.0 Å². The second-order valence-corrected chi connectivity index (χ2v) is 6.88. The number of benzene rings is 2. The van der Waals surface area contributed by atoms with Gasteiger partial charge in [0.25, 0.3) is 0 Å². The third-order valence-electron chi connectivity index (χ3n) is 3.74. The third-order valence-corrected chi connectivity index (χ3v) is 4.67. The Bertz CT molecular complexity index is 916. The van der Waals surface area contributed by atoms with Gasteiger partial charge in [0, 0.05) is 12.0 Å². The first-order chi connectivity index (χ1) is 11.4. The molecule has 0 amide bonds. The van der Waals surface area contributed by atoms with Crippen molar-refractivity contribution in [3.63, 3.8) is 0 Å². The highest BCUT2D eigenvalue weighted by Gasteiger charge is 2.25. The van der Waals surface area contributed by atoms with Crippen LogP contribution < -0.4 is 5.14 Å². The number of primary sulfonamides is 1. The second kappa shape index (κ2) is 6.18. The van der Waals surface area contributed by atoms with Gasteiger partial charge in [0.1, 0.15) is 5.82 Å². The van der Waals surface area contributed by atoms with Crippen molar-refractivity contribution in [2.75, 3.05) is 6.61 Å². The summed E-state index contributed by atoms with van der Waals surface area (Å²) in [6.45, 7) is 0.286. The van der Waals surface area contributed by atoms with E-state index in [0.717, 1.165) is 0 Å². The number of ether oxygens (including phenoxy) is 1. The van der Waals surface area contributed by atoms with Crippen LogP contribution in [0.2, 0.25) is 0 Å². The molecule has 7 heteroatoms. The number of sulfonamides is 1. The first-order valence-corrected chi connectivity index (χ1v) is 8.70. The van der Waals surface area contributed by atoms with Crippen molar-refractivity contribution >= 4 is 21.6 Å². The lowest BCUT2D eigenvalue weighted by Gasteiger charge is -2.11. The van der Waals surface area contributed by atoms with Crippen molar-refractivity contribution in [3.8, 4) is 0 Å². The Hall–Kier alpha value is -2.51. The molecule has 2 aromatic rings. The quantitative estimate of drug-likeness (QED) is 0.681. The maximum absolute atomic E-state index is 13.2. The highest BCUT2D eigenvalue weighted by Crippen LogP contribution is 2.32. The van der Waals surface area contributed by atoms with Crippen LogP contribution in [0.1, 0.15) is 17.5 Å². The Labute approximate surface area is 138 Å². The predicted molar refractivity (Wildman–Crippen MR) is 85.8 cm³/mol. The SMILES string of the molecule is NS(=O)(=O)c1ccc(/C(=C2/CCOC2=O)c2ccc(F)cc2)cc1. The van der Waals surface area contributed by atoms with Gasteiger partial charge < -0.3 is 4.74 Å². The zero-order valence-corrected chi connectivity index (χ0v) is 13.3. The summed E-state index contributed by atoms with van der Waals surface area (Å²) >= 11 is 0. The molecule has 0 unspecified atom stereocenters. The van der Waals surface area contributed by atoms with E-state index in [4.69, 9.17) is 9.88 Å². The standard InChI is InChI=1S/C17H14FNO4S/c18-13-5-1-11(2-6-13)16(15-9-10-23-17(15)20)12-3-7-14(8-4-12)24(19,21)22/h1-8H,9-10H2,(H2,19,21,22)/b16-15-. The Morgan fingerprint density at radius 3 is 2.00 bits per heavy atom. The molecular formula is C17H14FNO4S. The third kappa shape index (κ3) is 3.22. The number of esters is 1. The molecule has 0 atom stereocenters. The van der Waals surface area contributed by atoms with Crippen molar-refractivity contribution in [1.29, 1.82) is 0 Å². The maximum atomic E-state index is 13.2. The van der Waals surface area contributed by atoms with Gasteiger partial charge >= 0.3 is 5.97 Å². The number of hydrogen-bond acceptors (Lipinski definition) is 4. The minimum atomic E-state index is -3.80. The number of rotatable bonds is 3. The van der Waals surface area contributed by atoms with Crippen LogP contribution in [0.3, 0.4) is 0 Å². The van der Waals surface area contributed by atoms with E-state index in [-0.39, 0.29) is 17.3 Å². The zero-order valence-electron chi connectivity index (χ0n) is 12.5. The van der Waals surface area contributed by atoms with Gasteiger partial charge in [-0.1, -0.05) is 24.3 Å². The first kappa shape index (κ1) is 16.4. The molecule has 0 aliphatic carbocycles. The minimum absolute atomic E-state index is 0.0243. The molecule has 2 N–H and O–H groups in total. The van der Waals surface area contributed by atoms with E-state index in [1.807, 2.05) is 0 Å². The van der Waals surface area contributed by atoms with Crippen LogP contribution in [-0.2, 0) is 19.6 Å². The van der Waals surface area contributed by atoms with Crippen molar-refractivity contribution in [2.24, 2.45) is 5.14 Å². The number of carbonyl (C=O) groups is 1. The van der Waals surface area contributed by atoms with Crippen molar-refractivity contribution < 1.29 is 22.3 Å². The Morgan fingerprint density at radius 2 is 1.54 bits per heavy atom. The number of cyclic esters (lactones) is 1. The second-order valence-electron chi connectivity index (χ2n) is 5.32. The fraction of sp³-hybridized carbons (Fsp3) is 0.118. The molecule has 1 heterocycles. The molecule has 2 aromatic carbocycles. The molecule has 0 radical (unpaired) electrons. The van der Waals surface area contributed by atoms with Crippen LogP contribution in [-0.4, -0.2) is 21.0 Å². The highest BCUT2D eigenvalue weighted by atomic mass is 32.2. The summed E-state index contributed by atoms with van der Waals surface area (Å²) < 4.78 is 41.0. The average molecular weight is 347 g/mol. The van der Waals surface area contributed by atoms with Gasteiger partial charge in [-0.3, -0.25) is 0 Å². The Balaban J connectivity index is 2.16. The molecule has 1 aliphatic heterocycles. The first-order valence-electron chi connectivity index (χ1n) is 7.16. The fourth-order valence-corrected chi connectivity index (χ4v) is 3.12. The van der Waals surface area contributed by atoms with E-state index >= 15 is 0 Å². The Kier molecular flexibility index (Phi) is 4.21. The molecule has 3 rings (SSSR count).